The van der Waals surface area contributed by atoms with Crippen molar-refractivity contribution in [1.29, 1.82) is 0 Å². The maximum absolute atomic E-state index is 13.2. The average Bonchev–Trinajstić information content (AvgIpc) is 2.38. The number of nitrogens with two attached hydrogens (primary N) is 1. The second kappa shape index (κ2) is 6.64. The Morgan fingerprint density at radius 3 is 2.40 bits per heavy atom. The van der Waals surface area contributed by atoms with Crippen LogP contribution in [0.5, 0.6) is 0 Å². The van der Waals surface area contributed by atoms with Crippen LogP contribution in [0, 0.1) is 23.5 Å². The molecule has 1 aromatic carbocycles. The molecular formula is C16H23F2NO. The number of benzene rings is 1. The van der Waals surface area contributed by atoms with Crippen LogP contribution in [0.4, 0.5) is 8.78 Å². The summed E-state index contributed by atoms with van der Waals surface area (Å²) in [6, 6.07) is 3.35. The summed E-state index contributed by atoms with van der Waals surface area (Å²) >= 11 is 0. The highest BCUT2D eigenvalue weighted by atomic mass is 19.2. The Kier molecular flexibility index (Phi) is 5.11. The van der Waals surface area contributed by atoms with Gasteiger partial charge in [0.25, 0.3) is 0 Å². The van der Waals surface area contributed by atoms with Gasteiger partial charge in [0.2, 0.25) is 0 Å². The van der Waals surface area contributed by atoms with Gasteiger partial charge in [-0.3, -0.25) is 0 Å². The van der Waals surface area contributed by atoms with Crippen molar-refractivity contribution in [3.8, 4) is 0 Å². The van der Waals surface area contributed by atoms with Crippen molar-refractivity contribution in [3.05, 3.63) is 35.4 Å². The van der Waals surface area contributed by atoms with Crippen LogP contribution in [0.15, 0.2) is 18.2 Å². The third-order valence-electron chi connectivity index (χ3n) is 4.02. The minimum atomic E-state index is -0.863. The molecule has 0 heterocycles. The monoisotopic (exact) mass is 283 g/mol. The lowest BCUT2D eigenvalue weighted by atomic mass is 9.82. The van der Waals surface area contributed by atoms with Gasteiger partial charge < -0.3 is 10.5 Å². The Bertz CT molecular complexity index is 442. The summed E-state index contributed by atoms with van der Waals surface area (Å²) in [7, 11) is 0. The molecule has 3 atom stereocenters. The fraction of sp³-hybridized carbons (Fsp3) is 0.625. The van der Waals surface area contributed by atoms with Crippen molar-refractivity contribution in [2.24, 2.45) is 17.6 Å². The number of rotatable bonds is 4. The van der Waals surface area contributed by atoms with Crippen LogP contribution in [0.2, 0.25) is 0 Å². The summed E-state index contributed by atoms with van der Waals surface area (Å²) in [5.41, 5.74) is 6.56. The predicted octanol–water partition coefficient (Wildman–Crippen LogP) is 3.81. The van der Waals surface area contributed by atoms with Crippen molar-refractivity contribution in [3.63, 3.8) is 0 Å². The molecule has 0 amide bonds. The first kappa shape index (κ1) is 15.4. The normalized spacial score (nSPS) is 28.4. The van der Waals surface area contributed by atoms with Gasteiger partial charge in [-0.25, -0.2) is 8.78 Å². The van der Waals surface area contributed by atoms with Crippen molar-refractivity contribution >= 4 is 0 Å². The molecule has 3 unspecified atom stereocenters. The molecule has 0 aromatic heterocycles. The van der Waals surface area contributed by atoms with Crippen LogP contribution < -0.4 is 5.73 Å². The number of hydrogen-bond donors (Lipinski definition) is 1. The van der Waals surface area contributed by atoms with E-state index in [-0.39, 0.29) is 6.10 Å². The molecule has 2 N–H and O–H groups in total. The Balaban J connectivity index is 1.88. The first-order valence-electron chi connectivity index (χ1n) is 7.27. The molecule has 1 aliphatic carbocycles. The fourth-order valence-corrected chi connectivity index (χ4v) is 3.09. The van der Waals surface area contributed by atoms with Crippen LogP contribution in [-0.2, 0) is 4.74 Å². The quantitative estimate of drug-likeness (QED) is 0.912. The largest absolute Gasteiger partial charge is 0.376 e. The van der Waals surface area contributed by atoms with Crippen LogP contribution in [-0.4, -0.2) is 12.7 Å². The molecule has 1 saturated carbocycles. The van der Waals surface area contributed by atoms with Gasteiger partial charge in [-0.05, 0) is 48.8 Å². The van der Waals surface area contributed by atoms with Crippen LogP contribution in [0.3, 0.4) is 0 Å². The summed E-state index contributed by atoms with van der Waals surface area (Å²) in [5, 5.41) is 0. The van der Waals surface area contributed by atoms with Crippen molar-refractivity contribution in [2.45, 2.75) is 45.3 Å². The van der Waals surface area contributed by atoms with E-state index >= 15 is 0 Å². The molecule has 2 nitrogen and oxygen atoms in total. The fourth-order valence-electron chi connectivity index (χ4n) is 3.09. The first-order valence-corrected chi connectivity index (χ1v) is 7.27. The smallest absolute Gasteiger partial charge is 0.159 e. The molecule has 0 radical (unpaired) electrons. The highest BCUT2D eigenvalue weighted by Crippen LogP contribution is 2.30. The van der Waals surface area contributed by atoms with Gasteiger partial charge in [0.15, 0.2) is 11.6 Å². The lowest BCUT2D eigenvalue weighted by Gasteiger charge is -2.32. The van der Waals surface area contributed by atoms with E-state index < -0.39 is 17.7 Å². The van der Waals surface area contributed by atoms with Crippen LogP contribution >= 0.6 is 0 Å². The average molecular weight is 283 g/mol. The molecule has 1 fully saturated rings. The Morgan fingerprint density at radius 2 is 1.80 bits per heavy atom. The van der Waals surface area contributed by atoms with Crippen molar-refractivity contribution < 1.29 is 13.5 Å². The zero-order valence-corrected chi connectivity index (χ0v) is 12.1. The van der Waals surface area contributed by atoms with E-state index in [4.69, 9.17) is 10.5 Å². The van der Waals surface area contributed by atoms with Gasteiger partial charge in [-0.15, -0.1) is 0 Å². The lowest BCUT2D eigenvalue weighted by molar-refractivity contribution is -0.00530. The van der Waals surface area contributed by atoms with Gasteiger partial charge in [0, 0.05) is 0 Å². The van der Waals surface area contributed by atoms with Gasteiger partial charge in [-0.2, -0.15) is 0 Å². The zero-order valence-electron chi connectivity index (χ0n) is 12.1. The lowest BCUT2D eigenvalue weighted by Crippen LogP contribution is -2.29. The minimum absolute atomic E-state index is 0.227. The Morgan fingerprint density at radius 1 is 1.15 bits per heavy atom. The molecule has 1 aliphatic rings. The number of halogens is 2. The van der Waals surface area contributed by atoms with Crippen molar-refractivity contribution in [1.82, 2.24) is 0 Å². The number of hydrogen-bond acceptors (Lipinski definition) is 2. The molecule has 0 bridgehead atoms. The molecule has 0 saturated heterocycles. The topological polar surface area (TPSA) is 35.2 Å². The van der Waals surface area contributed by atoms with Gasteiger partial charge in [0.1, 0.15) is 0 Å². The zero-order chi connectivity index (χ0) is 14.7. The van der Waals surface area contributed by atoms with E-state index in [0.717, 1.165) is 25.0 Å². The summed E-state index contributed by atoms with van der Waals surface area (Å²) in [5.74, 6) is -0.374. The highest BCUT2D eigenvalue weighted by molar-refractivity contribution is 5.21. The Hall–Kier alpha value is -1.00. The SMILES string of the molecule is CC1CC(C)CC(OCC(N)c2ccc(F)c(F)c2)C1. The van der Waals surface area contributed by atoms with E-state index in [1.165, 1.54) is 12.5 Å². The van der Waals surface area contributed by atoms with Gasteiger partial charge >= 0.3 is 0 Å². The van der Waals surface area contributed by atoms with Crippen LogP contribution in [0.25, 0.3) is 0 Å². The third-order valence-corrected chi connectivity index (χ3v) is 4.02. The Labute approximate surface area is 119 Å². The molecule has 2 rings (SSSR count). The van der Waals surface area contributed by atoms with Gasteiger partial charge in [-0.1, -0.05) is 19.9 Å². The predicted molar refractivity (Wildman–Crippen MR) is 75.2 cm³/mol. The highest BCUT2D eigenvalue weighted by Gasteiger charge is 2.25. The molecule has 112 valence electrons. The maximum atomic E-state index is 13.2. The molecule has 1 aromatic rings. The maximum Gasteiger partial charge on any atom is 0.159 e. The minimum Gasteiger partial charge on any atom is -0.376 e. The second-order valence-electron chi connectivity index (χ2n) is 6.15. The van der Waals surface area contributed by atoms with E-state index in [9.17, 15) is 8.78 Å². The van der Waals surface area contributed by atoms with E-state index in [0.29, 0.717) is 24.0 Å². The standard InChI is InChI=1S/C16H23F2NO/c1-10-5-11(2)7-13(6-10)20-9-16(19)12-3-4-14(17)15(18)8-12/h3-4,8,10-11,13,16H,5-7,9,19H2,1-2H3. The molecule has 20 heavy (non-hydrogen) atoms. The molecular weight excluding hydrogens is 260 g/mol. The molecule has 4 heteroatoms. The summed E-state index contributed by atoms with van der Waals surface area (Å²) < 4.78 is 31.9. The first-order chi connectivity index (χ1) is 9.45. The van der Waals surface area contributed by atoms with E-state index in [1.54, 1.807) is 0 Å². The number of ether oxygens (including phenoxy) is 1. The molecule has 0 spiro atoms. The summed E-state index contributed by atoms with van der Waals surface area (Å²) in [6.07, 6.45) is 3.57. The third kappa shape index (κ3) is 4.00. The van der Waals surface area contributed by atoms with E-state index in [2.05, 4.69) is 13.8 Å². The summed E-state index contributed by atoms with van der Waals surface area (Å²) in [6.45, 7) is 4.82. The second-order valence-corrected chi connectivity index (χ2v) is 6.15. The molecule has 0 aliphatic heterocycles. The van der Waals surface area contributed by atoms with E-state index in [1.807, 2.05) is 0 Å². The van der Waals surface area contributed by atoms with Crippen molar-refractivity contribution in [2.75, 3.05) is 6.61 Å². The summed E-state index contributed by atoms with van der Waals surface area (Å²) in [4.78, 5) is 0. The van der Waals surface area contributed by atoms with Crippen LogP contribution in [0.1, 0.15) is 44.7 Å². The van der Waals surface area contributed by atoms with Gasteiger partial charge in [0.05, 0.1) is 18.8 Å².